The van der Waals surface area contributed by atoms with Gasteiger partial charge >= 0.3 is 0 Å². The molecule has 2 rings (SSSR count). The van der Waals surface area contributed by atoms with E-state index >= 15 is 0 Å². The average Bonchev–Trinajstić information content (AvgIpc) is 2.67. The van der Waals surface area contributed by atoms with E-state index in [0.717, 1.165) is 11.3 Å². The van der Waals surface area contributed by atoms with Crippen molar-refractivity contribution in [2.75, 3.05) is 12.9 Å². The Morgan fingerprint density at radius 3 is 3.06 bits per heavy atom. The van der Waals surface area contributed by atoms with Crippen LogP contribution in [0.15, 0.2) is 29.4 Å². The quantitative estimate of drug-likeness (QED) is 0.619. The monoisotopic (exact) mass is 266 g/mol. The second-order valence-corrected chi connectivity index (χ2v) is 4.89. The van der Waals surface area contributed by atoms with Crippen molar-refractivity contribution in [2.45, 2.75) is 0 Å². The van der Waals surface area contributed by atoms with Crippen LogP contribution in [0.4, 0.5) is 0 Å². The number of thioether (sulfide) groups is 1. The van der Waals surface area contributed by atoms with Gasteiger partial charge in [-0.3, -0.25) is 4.79 Å². The number of ether oxygens (including phenoxy) is 1. The third kappa shape index (κ3) is 2.83. The molecular formula is C11H10N2O2S2. The number of methoxy groups -OCH3 is 1. The fraction of sp³-hybridized carbons (Fsp3) is 0.182. The van der Waals surface area contributed by atoms with Crippen LogP contribution in [-0.2, 0) is 4.79 Å². The summed E-state index contributed by atoms with van der Waals surface area (Å²) in [4.78, 5) is 11.4. The average molecular weight is 266 g/mol. The van der Waals surface area contributed by atoms with Crippen molar-refractivity contribution in [3.63, 3.8) is 0 Å². The highest BCUT2D eigenvalue weighted by molar-refractivity contribution is 8.23. The van der Waals surface area contributed by atoms with Crippen molar-refractivity contribution < 1.29 is 9.53 Å². The molecule has 1 aliphatic rings. The zero-order valence-corrected chi connectivity index (χ0v) is 10.8. The smallest absolute Gasteiger partial charge is 0.259 e. The first kappa shape index (κ1) is 12.1. The van der Waals surface area contributed by atoms with E-state index in [9.17, 15) is 4.79 Å². The summed E-state index contributed by atoms with van der Waals surface area (Å²) in [5.41, 5.74) is 0.858. The molecule has 1 aromatic rings. The summed E-state index contributed by atoms with van der Waals surface area (Å²) >= 11 is 6.34. The lowest BCUT2D eigenvalue weighted by molar-refractivity contribution is -0.123. The van der Waals surface area contributed by atoms with Gasteiger partial charge in [-0.1, -0.05) is 36.1 Å². The Morgan fingerprint density at radius 2 is 2.41 bits per heavy atom. The van der Waals surface area contributed by atoms with Gasteiger partial charge in [-0.25, -0.2) is 0 Å². The number of benzene rings is 1. The Hall–Kier alpha value is -1.40. The summed E-state index contributed by atoms with van der Waals surface area (Å²) in [5.74, 6) is 1.03. The zero-order chi connectivity index (χ0) is 12.3. The lowest BCUT2D eigenvalue weighted by Gasteiger charge is -2.06. The van der Waals surface area contributed by atoms with Gasteiger partial charge in [-0.2, -0.15) is 10.1 Å². The molecular weight excluding hydrogens is 256 g/mol. The minimum atomic E-state index is -0.0841. The van der Waals surface area contributed by atoms with Gasteiger partial charge in [0.05, 0.1) is 19.1 Å². The van der Waals surface area contributed by atoms with Crippen LogP contribution in [0.3, 0.4) is 0 Å². The molecule has 0 N–H and O–H groups in total. The standard InChI is InChI=1S/C11H10N2O2S2/c1-15-9-4-2-3-8(5-9)6-12-13-10(14)7-17-11(13)16/h2-6H,7H2,1H3/b12-6-. The Balaban J connectivity index is 2.14. The number of thiocarbonyl (C=S) groups is 1. The van der Waals surface area contributed by atoms with Gasteiger partial charge in [0.2, 0.25) is 0 Å². The summed E-state index contributed by atoms with van der Waals surface area (Å²) in [5, 5.41) is 5.32. The summed E-state index contributed by atoms with van der Waals surface area (Å²) in [6.45, 7) is 0. The molecule has 0 aromatic heterocycles. The molecule has 6 heteroatoms. The van der Waals surface area contributed by atoms with Gasteiger partial charge in [-0.05, 0) is 17.7 Å². The first-order valence-electron chi connectivity index (χ1n) is 4.88. The van der Waals surface area contributed by atoms with Crippen molar-refractivity contribution in [3.8, 4) is 5.75 Å². The number of hydrogen-bond acceptors (Lipinski definition) is 5. The van der Waals surface area contributed by atoms with E-state index in [1.54, 1.807) is 13.3 Å². The number of carbonyl (C=O) groups excluding carboxylic acids is 1. The number of hydrogen-bond donors (Lipinski definition) is 0. The molecule has 1 fully saturated rings. The predicted octanol–water partition coefficient (Wildman–Crippen LogP) is 1.89. The van der Waals surface area contributed by atoms with Crippen molar-refractivity contribution in [1.29, 1.82) is 0 Å². The molecule has 0 atom stereocenters. The molecule has 0 radical (unpaired) electrons. The predicted molar refractivity (Wildman–Crippen MR) is 72.5 cm³/mol. The molecule has 1 heterocycles. The SMILES string of the molecule is COc1cccc(/C=N\N2C(=O)CSC2=S)c1. The van der Waals surface area contributed by atoms with Crippen molar-refractivity contribution in [1.82, 2.24) is 5.01 Å². The maximum Gasteiger partial charge on any atom is 0.259 e. The number of nitrogens with zero attached hydrogens (tertiary/aromatic N) is 2. The maximum atomic E-state index is 11.4. The van der Waals surface area contributed by atoms with Crippen LogP contribution >= 0.6 is 24.0 Å². The normalized spacial score (nSPS) is 15.9. The van der Waals surface area contributed by atoms with Crippen LogP contribution < -0.4 is 4.74 Å². The molecule has 88 valence electrons. The van der Waals surface area contributed by atoms with E-state index < -0.39 is 0 Å². The van der Waals surface area contributed by atoms with E-state index in [1.165, 1.54) is 16.8 Å². The van der Waals surface area contributed by atoms with Crippen LogP contribution in [-0.4, -0.2) is 34.3 Å². The highest BCUT2D eigenvalue weighted by atomic mass is 32.2. The number of hydrazone groups is 1. The summed E-state index contributed by atoms with van der Waals surface area (Å²) in [6.07, 6.45) is 1.60. The Kier molecular flexibility index (Phi) is 3.75. The van der Waals surface area contributed by atoms with Gasteiger partial charge in [0, 0.05) is 0 Å². The summed E-state index contributed by atoms with van der Waals surface area (Å²) < 4.78 is 5.59. The molecule has 1 aromatic carbocycles. The number of carbonyl (C=O) groups is 1. The largest absolute Gasteiger partial charge is 0.497 e. The lowest BCUT2D eigenvalue weighted by atomic mass is 10.2. The molecule has 0 spiro atoms. The first-order chi connectivity index (χ1) is 8.20. The van der Waals surface area contributed by atoms with Crippen molar-refractivity contribution >= 4 is 40.4 Å². The second kappa shape index (κ2) is 5.29. The second-order valence-electron chi connectivity index (χ2n) is 3.28. The molecule has 17 heavy (non-hydrogen) atoms. The highest BCUT2D eigenvalue weighted by Gasteiger charge is 2.25. The van der Waals surface area contributed by atoms with Crippen LogP contribution in [0.1, 0.15) is 5.56 Å². The zero-order valence-electron chi connectivity index (χ0n) is 9.12. The fourth-order valence-electron chi connectivity index (χ4n) is 1.31. The summed E-state index contributed by atoms with van der Waals surface area (Å²) in [7, 11) is 1.60. The van der Waals surface area contributed by atoms with E-state index in [1.807, 2.05) is 24.3 Å². The van der Waals surface area contributed by atoms with Crippen LogP contribution in [0, 0.1) is 0 Å². The third-order valence-electron chi connectivity index (χ3n) is 2.14. The summed E-state index contributed by atoms with van der Waals surface area (Å²) in [6, 6.07) is 7.42. The lowest BCUT2D eigenvalue weighted by Crippen LogP contribution is -2.22. The van der Waals surface area contributed by atoms with Crippen LogP contribution in [0.25, 0.3) is 0 Å². The Morgan fingerprint density at radius 1 is 1.59 bits per heavy atom. The maximum absolute atomic E-state index is 11.4. The van der Waals surface area contributed by atoms with E-state index in [-0.39, 0.29) is 5.91 Å². The molecule has 1 saturated heterocycles. The van der Waals surface area contributed by atoms with Crippen LogP contribution in [0.5, 0.6) is 5.75 Å². The third-order valence-corrected chi connectivity index (χ3v) is 3.48. The molecule has 0 bridgehead atoms. The molecule has 0 unspecified atom stereocenters. The Bertz CT molecular complexity index is 472. The Labute approximate surface area is 109 Å². The van der Waals surface area contributed by atoms with Crippen molar-refractivity contribution in [2.24, 2.45) is 5.10 Å². The van der Waals surface area contributed by atoms with E-state index in [4.69, 9.17) is 17.0 Å². The van der Waals surface area contributed by atoms with E-state index in [0.29, 0.717) is 10.1 Å². The molecule has 0 aliphatic carbocycles. The number of rotatable bonds is 3. The first-order valence-corrected chi connectivity index (χ1v) is 6.28. The minimum Gasteiger partial charge on any atom is -0.497 e. The van der Waals surface area contributed by atoms with Gasteiger partial charge < -0.3 is 4.74 Å². The molecule has 1 aliphatic heterocycles. The van der Waals surface area contributed by atoms with Gasteiger partial charge in [-0.15, -0.1) is 0 Å². The molecule has 0 saturated carbocycles. The van der Waals surface area contributed by atoms with E-state index in [2.05, 4.69) is 5.10 Å². The van der Waals surface area contributed by atoms with Gasteiger partial charge in [0.25, 0.3) is 5.91 Å². The van der Waals surface area contributed by atoms with Gasteiger partial charge in [0.1, 0.15) is 5.75 Å². The fourth-order valence-corrected chi connectivity index (χ4v) is 2.27. The molecule has 4 nitrogen and oxygen atoms in total. The van der Waals surface area contributed by atoms with Crippen LogP contribution in [0.2, 0.25) is 0 Å². The van der Waals surface area contributed by atoms with Gasteiger partial charge in [0.15, 0.2) is 4.32 Å². The highest BCUT2D eigenvalue weighted by Crippen LogP contribution is 2.19. The van der Waals surface area contributed by atoms with Crippen molar-refractivity contribution in [3.05, 3.63) is 29.8 Å². The molecule has 1 amide bonds. The number of amides is 1. The topological polar surface area (TPSA) is 41.9 Å². The minimum absolute atomic E-state index is 0.0841.